The number of halogens is 1. The van der Waals surface area contributed by atoms with E-state index in [4.69, 9.17) is 0 Å². The van der Waals surface area contributed by atoms with Crippen molar-refractivity contribution in [2.75, 3.05) is 6.54 Å². The van der Waals surface area contributed by atoms with Gasteiger partial charge in [0.1, 0.15) is 5.67 Å². The molecule has 0 aromatic rings. The zero-order valence-corrected chi connectivity index (χ0v) is 7.61. The molecule has 0 aliphatic heterocycles. The van der Waals surface area contributed by atoms with E-state index in [0.717, 1.165) is 19.3 Å². The molecule has 0 unspecified atom stereocenters. The van der Waals surface area contributed by atoms with Crippen molar-refractivity contribution in [3.63, 3.8) is 0 Å². The van der Waals surface area contributed by atoms with Crippen molar-refractivity contribution in [3.05, 3.63) is 0 Å². The normalized spacial score (nSPS) is 28.8. The Kier molecular flexibility index (Phi) is 2.35. The smallest absolute Gasteiger partial charge is 0.123 e. The lowest BCUT2D eigenvalue weighted by Crippen LogP contribution is -2.45. The third-order valence-corrected chi connectivity index (χ3v) is 3.31. The number of nitrogens with one attached hydrogen (secondary N) is 1. The van der Waals surface area contributed by atoms with Crippen LogP contribution in [-0.2, 0) is 0 Å². The average molecular weight is 171 g/mol. The van der Waals surface area contributed by atoms with Crippen molar-refractivity contribution >= 4 is 0 Å². The van der Waals surface area contributed by atoms with Crippen LogP contribution in [0.3, 0.4) is 0 Å². The second-order valence-electron chi connectivity index (χ2n) is 4.37. The summed E-state index contributed by atoms with van der Waals surface area (Å²) in [4.78, 5) is 0. The molecule has 0 saturated heterocycles. The van der Waals surface area contributed by atoms with Crippen LogP contribution in [0.25, 0.3) is 0 Å². The molecule has 2 fully saturated rings. The van der Waals surface area contributed by atoms with Crippen molar-refractivity contribution in [3.8, 4) is 0 Å². The fourth-order valence-electron chi connectivity index (χ4n) is 2.19. The van der Waals surface area contributed by atoms with E-state index in [1.807, 2.05) is 0 Å². The zero-order valence-electron chi connectivity index (χ0n) is 7.61. The Morgan fingerprint density at radius 3 is 2.33 bits per heavy atom. The molecule has 0 atom stereocenters. The Hall–Kier alpha value is -0.110. The van der Waals surface area contributed by atoms with Gasteiger partial charge in [-0.15, -0.1) is 0 Å². The Bertz CT molecular complexity index is 148. The molecule has 2 aliphatic carbocycles. The summed E-state index contributed by atoms with van der Waals surface area (Å²) in [6.45, 7) is 0.609. The first-order valence-electron chi connectivity index (χ1n) is 5.21. The standard InChI is InChI=1S/C10H18FN/c11-10(6-3-7-10)8-12-9-4-1-2-5-9/h9,12H,1-8H2. The fourth-order valence-corrected chi connectivity index (χ4v) is 2.19. The van der Waals surface area contributed by atoms with Crippen LogP contribution in [0.15, 0.2) is 0 Å². The molecule has 0 aromatic carbocycles. The van der Waals surface area contributed by atoms with E-state index in [1.165, 1.54) is 25.7 Å². The summed E-state index contributed by atoms with van der Waals surface area (Å²) in [5.74, 6) is 0. The highest BCUT2D eigenvalue weighted by molar-refractivity contribution is 4.91. The van der Waals surface area contributed by atoms with Gasteiger partial charge < -0.3 is 5.32 Å². The Morgan fingerprint density at radius 1 is 1.17 bits per heavy atom. The van der Waals surface area contributed by atoms with E-state index in [1.54, 1.807) is 0 Å². The van der Waals surface area contributed by atoms with Crippen LogP contribution in [-0.4, -0.2) is 18.3 Å². The Labute approximate surface area is 73.7 Å². The number of hydrogen-bond acceptors (Lipinski definition) is 1. The number of alkyl halides is 1. The molecular weight excluding hydrogens is 153 g/mol. The zero-order chi connectivity index (χ0) is 8.44. The summed E-state index contributed by atoms with van der Waals surface area (Å²) in [5.41, 5.74) is -0.831. The summed E-state index contributed by atoms with van der Waals surface area (Å²) in [6.07, 6.45) is 7.84. The van der Waals surface area contributed by atoms with Crippen molar-refractivity contribution in [2.24, 2.45) is 0 Å². The highest BCUT2D eigenvalue weighted by atomic mass is 19.1. The van der Waals surface area contributed by atoms with Gasteiger partial charge in [0.15, 0.2) is 0 Å². The molecule has 12 heavy (non-hydrogen) atoms. The van der Waals surface area contributed by atoms with E-state index in [-0.39, 0.29) is 0 Å². The van der Waals surface area contributed by atoms with E-state index in [9.17, 15) is 4.39 Å². The molecule has 2 heteroatoms. The fraction of sp³-hybridized carbons (Fsp3) is 1.00. The molecule has 0 heterocycles. The van der Waals surface area contributed by atoms with Gasteiger partial charge in [-0.05, 0) is 32.1 Å². The van der Waals surface area contributed by atoms with E-state index in [2.05, 4.69) is 5.32 Å². The molecule has 0 radical (unpaired) electrons. The van der Waals surface area contributed by atoms with Crippen LogP contribution in [0.4, 0.5) is 4.39 Å². The monoisotopic (exact) mass is 171 g/mol. The molecule has 2 saturated carbocycles. The lowest BCUT2D eigenvalue weighted by atomic mass is 9.82. The number of rotatable bonds is 3. The first-order chi connectivity index (χ1) is 5.79. The highest BCUT2D eigenvalue weighted by Gasteiger charge is 2.37. The molecule has 1 nitrogen and oxygen atoms in total. The number of hydrogen-bond donors (Lipinski definition) is 1. The summed E-state index contributed by atoms with van der Waals surface area (Å²) < 4.78 is 13.5. The lowest BCUT2D eigenvalue weighted by Gasteiger charge is -2.34. The maximum atomic E-state index is 13.5. The first kappa shape index (κ1) is 8.49. The van der Waals surface area contributed by atoms with Crippen molar-refractivity contribution in [1.29, 1.82) is 0 Å². The van der Waals surface area contributed by atoms with Crippen LogP contribution in [0.1, 0.15) is 44.9 Å². The second-order valence-corrected chi connectivity index (χ2v) is 4.37. The summed E-state index contributed by atoms with van der Waals surface area (Å²) in [7, 11) is 0. The largest absolute Gasteiger partial charge is 0.311 e. The topological polar surface area (TPSA) is 12.0 Å². The maximum Gasteiger partial charge on any atom is 0.123 e. The van der Waals surface area contributed by atoms with Gasteiger partial charge in [-0.25, -0.2) is 4.39 Å². The molecule has 0 bridgehead atoms. The second kappa shape index (κ2) is 3.33. The molecular formula is C10H18FN. The minimum Gasteiger partial charge on any atom is -0.311 e. The minimum atomic E-state index is -0.831. The van der Waals surface area contributed by atoms with Crippen LogP contribution in [0.5, 0.6) is 0 Å². The van der Waals surface area contributed by atoms with E-state index >= 15 is 0 Å². The van der Waals surface area contributed by atoms with E-state index in [0.29, 0.717) is 12.6 Å². The van der Waals surface area contributed by atoms with Crippen molar-refractivity contribution in [2.45, 2.75) is 56.7 Å². The Balaban J connectivity index is 1.67. The summed E-state index contributed by atoms with van der Waals surface area (Å²) >= 11 is 0. The van der Waals surface area contributed by atoms with Gasteiger partial charge in [-0.3, -0.25) is 0 Å². The maximum absolute atomic E-state index is 13.5. The molecule has 1 N–H and O–H groups in total. The lowest BCUT2D eigenvalue weighted by molar-refractivity contribution is 0.0602. The van der Waals surface area contributed by atoms with E-state index < -0.39 is 5.67 Å². The quantitative estimate of drug-likeness (QED) is 0.687. The van der Waals surface area contributed by atoms with Gasteiger partial charge in [0, 0.05) is 12.6 Å². The molecule has 70 valence electrons. The Morgan fingerprint density at radius 2 is 1.83 bits per heavy atom. The van der Waals surface area contributed by atoms with Crippen molar-refractivity contribution < 1.29 is 4.39 Å². The predicted molar refractivity (Wildman–Crippen MR) is 47.9 cm³/mol. The van der Waals surface area contributed by atoms with Crippen molar-refractivity contribution in [1.82, 2.24) is 5.32 Å². The van der Waals surface area contributed by atoms with Gasteiger partial charge >= 0.3 is 0 Å². The third kappa shape index (κ3) is 1.79. The summed E-state index contributed by atoms with van der Waals surface area (Å²) in [6, 6.07) is 0.623. The van der Waals surface area contributed by atoms with Gasteiger partial charge in [-0.2, -0.15) is 0 Å². The third-order valence-electron chi connectivity index (χ3n) is 3.31. The molecule has 0 amide bonds. The van der Waals surface area contributed by atoms with Gasteiger partial charge in [-0.1, -0.05) is 12.8 Å². The van der Waals surface area contributed by atoms with Gasteiger partial charge in [0.25, 0.3) is 0 Å². The van der Waals surface area contributed by atoms with Crippen LogP contribution in [0, 0.1) is 0 Å². The minimum absolute atomic E-state index is 0.609. The predicted octanol–water partition coefficient (Wildman–Crippen LogP) is 2.41. The van der Waals surface area contributed by atoms with Crippen LogP contribution < -0.4 is 5.32 Å². The van der Waals surface area contributed by atoms with Crippen LogP contribution in [0.2, 0.25) is 0 Å². The first-order valence-corrected chi connectivity index (χ1v) is 5.21. The molecule has 0 spiro atoms. The SMILES string of the molecule is FC1(CNC2CCCC2)CCC1. The highest BCUT2D eigenvalue weighted by Crippen LogP contribution is 2.35. The molecule has 2 aliphatic rings. The summed E-state index contributed by atoms with van der Waals surface area (Å²) in [5, 5.41) is 3.35. The van der Waals surface area contributed by atoms with Gasteiger partial charge in [0.2, 0.25) is 0 Å². The molecule has 2 rings (SSSR count). The molecule has 0 aromatic heterocycles. The average Bonchev–Trinajstić information content (AvgIpc) is 2.49. The van der Waals surface area contributed by atoms with Crippen LogP contribution >= 0.6 is 0 Å². The van der Waals surface area contributed by atoms with Gasteiger partial charge in [0.05, 0.1) is 0 Å².